The van der Waals surface area contributed by atoms with E-state index in [1.165, 1.54) is 12.1 Å². The van der Waals surface area contributed by atoms with Gasteiger partial charge in [0.1, 0.15) is 6.04 Å². The molecule has 11 heteroatoms. The van der Waals surface area contributed by atoms with E-state index >= 15 is 0 Å². The number of carboxylic acid groups (broad SMARTS) is 1. The minimum absolute atomic E-state index is 0.0202. The lowest BCUT2D eigenvalue weighted by Gasteiger charge is -2.37. The molecular weight excluding hydrogens is 591 g/mol. The molecule has 1 aliphatic rings. The van der Waals surface area contributed by atoms with Crippen LogP contribution in [0.1, 0.15) is 65.3 Å². The number of rotatable bonds is 9. The molecule has 4 rings (SSSR count). The molecule has 226 valence electrons. The molecule has 4 amide bonds. The molecule has 0 bridgehead atoms. The largest absolute Gasteiger partial charge is 0.480 e. The van der Waals surface area contributed by atoms with Gasteiger partial charge < -0.3 is 26.4 Å². The zero-order valence-corrected chi connectivity index (χ0v) is 25.6. The van der Waals surface area contributed by atoms with Gasteiger partial charge in [-0.05, 0) is 54.0 Å². The third kappa shape index (κ3) is 7.86. The van der Waals surface area contributed by atoms with E-state index in [0.29, 0.717) is 0 Å². The van der Waals surface area contributed by atoms with Crippen molar-refractivity contribution in [2.45, 2.75) is 57.5 Å². The van der Waals surface area contributed by atoms with Gasteiger partial charge in [-0.1, -0.05) is 91.1 Å². The summed E-state index contributed by atoms with van der Waals surface area (Å²) in [5, 5.41) is 20.1. The van der Waals surface area contributed by atoms with Crippen LogP contribution in [0.4, 0.5) is 10.5 Å². The molecule has 1 aliphatic carbocycles. The fourth-order valence-electron chi connectivity index (χ4n) is 5.26. The average Bonchev–Trinajstić information content (AvgIpc) is 2.94. The molecule has 0 heterocycles. The molecule has 3 aromatic carbocycles. The summed E-state index contributed by atoms with van der Waals surface area (Å²) in [4.78, 5) is 50.5. The Hall–Kier alpha value is -4.08. The predicted molar refractivity (Wildman–Crippen MR) is 167 cm³/mol. The van der Waals surface area contributed by atoms with Crippen molar-refractivity contribution in [3.8, 4) is 0 Å². The van der Waals surface area contributed by atoms with Crippen LogP contribution in [0.5, 0.6) is 0 Å². The van der Waals surface area contributed by atoms with Gasteiger partial charge in [0, 0.05) is 0 Å². The van der Waals surface area contributed by atoms with E-state index in [4.69, 9.17) is 23.2 Å². The molecule has 0 unspecified atom stereocenters. The average molecular weight is 626 g/mol. The fraction of sp³-hybridized carbons (Fsp3) is 0.312. The molecule has 0 saturated carbocycles. The second-order valence-corrected chi connectivity index (χ2v) is 12.1. The van der Waals surface area contributed by atoms with Crippen LogP contribution in [0.15, 0.2) is 60.7 Å². The molecule has 0 saturated heterocycles. The van der Waals surface area contributed by atoms with Crippen LogP contribution in [0, 0.1) is 6.92 Å². The molecular formula is C32H34Cl2N4O5. The van der Waals surface area contributed by atoms with Gasteiger partial charge in [-0.2, -0.15) is 0 Å². The van der Waals surface area contributed by atoms with Crippen LogP contribution < -0.4 is 21.3 Å². The molecule has 5 N–H and O–H groups in total. The van der Waals surface area contributed by atoms with Crippen LogP contribution in [0.2, 0.25) is 10.0 Å². The van der Waals surface area contributed by atoms with Gasteiger partial charge in [0.15, 0.2) is 0 Å². The maximum atomic E-state index is 13.1. The van der Waals surface area contributed by atoms with Crippen molar-refractivity contribution in [1.82, 2.24) is 16.0 Å². The first kappa shape index (κ1) is 31.8. The number of anilines is 1. The molecule has 2 atom stereocenters. The molecule has 0 aliphatic heterocycles. The second kappa shape index (κ2) is 13.5. The van der Waals surface area contributed by atoms with Crippen LogP contribution in [0.25, 0.3) is 0 Å². The number of urea groups is 1. The van der Waals surface area contributed by atoms with Crippen molar-refractivity contribution in [3.05, 3.63) is 98.5 Å². The van der Waals surface area contributed by atoms with E-state index in [1.54, 1.807) is 0 Å². The molecule has 0 fully saturated rings. The number of hydrogen-bond donors (Lipinski definition) is 5. The number of aryl methyl sites for hydroxylation is 1. The standard InChI is InChI=1S/C32H34Cl2N4O5/c1-18-7-6-8-19(15-18)16-26(39)36-24-12-11-22(33)27(28(24)34)29(40)37-25(30(41)42)17-35-31(43)38-23-13-14-32(2,3)21-10-5-4-9-20(21)23/h4-12,15,23,25H,13-14,16-17H2,1-3H3,(H,36,39)(H,37,40)(H,41,42)(H2,35,38,43)/t23-,25+/m1/s1. The lowest BCUT2D eigenvalue weighted by molar-refractivity contribution is -0.139. The first-order valence-electron chi connectivity index (χ1n) is 13.9. The minimum Gasteiger partial charge on any atom is -0.480 e. The lowest BCUT2D eigenvalue weighted by atomic mass is 9.71. The Kier molecular flexibility index (Phi) is 9.98. The Labute approximate surface area is 260 Å². The summed E-state index contributed by atoms with van der Waals surface area (Å²) in [6, 6.07) is 16.0. The van der Waals surface area contributed by atoms with E-state index in [1.807, 2.05) is 49.4 Å². The molecule has 9 nitrogen and oxygen atoms in total. The number of halogens is 2. The zero-order chi connectivity index (χ0) is 31.3. The number of aliphatic carboxylic acids is 1. The highest BCUT2D eigenvalue weighted by atomic mass is 35.5. The monoisotopic (exact) mass is 624 g/mol. The summed E-state index contributed by atoms with van der Waals surface area (Å²) in [7, 11) is 0. The Morgan fingerprint density at radius 2 is 1.77 bits per heavy atom. The van der Waals surface area contributed by atoms with E-state index in [2.05, 4.69) is 41.2 Å². The summed E-state index contributed by atoms with van der Waals surface area (Å²) >= 11 is 12.7. The van der Waals surface area contributed by atoms with Crippen molar-refractivity contribution in [3.63, 3.8) is 0 Å². The number of nitrogens with one attached hydrogen (secondary N) is 4. The summed E-state index contributed by atoms with van der Waals surface area (Å²) in [5.74, 6) is -2.60. The highest BCUT2D eigenvalue weighted by molar-refractivity contribution is 6.41. The number of benzene rings is 3. The summed E-state index contributed by atoms with van der Waals surface area (Å²) in [5.41, 5.74) is 3.92. The Balaban J connectivity index is 1.39. The highest BCUT2D eigenvalue weighted by Gasteiger charge is 2.33. The van der Waals surface area contributed by atoms with Crippen LogP contribution in [0.3, 0.4) is 0 Å². The number of hydrogen-bond acceptors (Lipinski definition) is 4. The quantitative estimate of drug-likeness (QED) is 0.206. The Bertz CT molecular complexity index is 1560. The Morgan fingerprint density at radius 1 is 1.02 bits per heavy atom. The number of amides is 4. The van der Waals surface area contributed by atoms with Crippen molar-refractivity contribution in [2.24, 2.45) is 0 Å². The maximum absolute atomic E-state index is 13.1. The zero-order valence-electron chi connectivity index (χ0n) is 24.1. The third-order valence-electron chi connectivity index (χ3n) is 7.54. The summed E-state index contributed by atoms with van der Waals surface area (Å²) in [6.07, 6.45) is 1.68. The predicted octanol–water partition coefficient (Wildman–Crippen LogP) is 5.78. The topological polar surface area (TPSA) is 137 Å². The lowest BCUT2D eigenvalue weighted by Crippen LogP contribution is -2.51. The van der Waals surface area contributed by atoms with Gasteiger partial charge in [-0.15, -0.1) is 0 Å². The van der Waals surface area contributed by atoms with Crippen LogP contribution in [-0.2, 0) is 21.4 Å². The highest BCUT2D eigenvalue weighted by Crippen LogP contribution is 2.41. The molecule has 3 aromatic rings. The third-order valence-corrected chi connectivity index (χ3v) is 8.25. The van der Waals surface area contributed by atoms with Crippen molar-refractivity contribution < 1.29 is 24.3 Å². The number of carboxylic acids is 1. The number of carbonyl (C=O) groups is 4. The van der Waals surface area contributed by atoms with E-state index in [9.17, 15) is 24.3 Å². The smallest absolute Gasteiger partial charge is 0.328 e. The SMILES string of the molecule is Cc1cccc(CC(=O)Nc2ccc(Cl)c(C(=O)N[C@@H](CNC(=O)N[C@@H]3CCC(C)(C)c4ccccc43)C(=O)O)c2Cl)c1. The van der Waals surface area contributed by atoms with Gasteiger partial charge in [0.05, 0.1) is 40.3 Å². The molecule has 0 spiro atoms. The minimum atomic E-state index is -1.48. The van der Waals surface area contributed by atoms with Crippen molar-refractivity contribution in [1.29, 1.82) is 0 Å². The Morgan fingerprint density at radius 3 is 2.49 bits per heavy atom. The first-order chi connectivity index (χ1) is 20.4. The second-order valence-electron chi connectivity index (χ2n) is 11.3. The van der Waals surface area contributed by atoms with Gasteiger partial charge >= 0.3 is 12.0 Å². The molecule has 0 aromatic heterocycles. The number of fused-ring (bicyclic) bond motifs is 1. The van der Waals surface area contributed by atoms with Crippen molar-refractivity contribution in [2.75, 3.05) is 11.9 Å². The van der Waals surface area contributed by atoms with Crippen molar-refractivity contribution >= 4 is 52.7 Å². The first-order valence-corrected chi connectivity index (χ1v) is 14.6. The maximum Gasteiger partial charge on any atom is 0.328 e. The summed E-state index contributed by atoms with van der Waals surface area (Å²) in [6.45, 7) is 5.85. The van der Waals surface area contributed by atoms with E-state index in [0.717, 1.165) is 35.1 Å². The fourth-order valence-corrected chi connectivity index (χ4v) is 5.85. The van der Waals surface area contributed by atoms with Gasteiger partial charge in [0.2, 0.25) is 5.91 Å². The van der Waals surface area contributed by atoms with E-state index < -0.39 is 30.5 Å². The van der Waals surface area contributed by atoms with Gasteiger partial charge in [0.25, 0.3) is 5.91 Å². The normalized spacial score (nSPS) is 15.9. The van der Waals surface area contributed by atoms with E-state index in [-0.39, 0.29) is 45.1 Å². The van der Waals surface area contributed by atoms with Gasteiger partial charge in [-0.3, -0.25) is 9.59 Å². The summed E-state index contributed by atoms with van der Waals surface area (Å²) < 4.78 is 0. The van der Waals surface area contributed by atoms with Crippen LogP contribution >= 0.6 is 23.2 Å². The van der Waals surface area contributed by atoms with Gasteiger partial charge in [-0.25, -0.2) is 9.59 Å². The van der Waals surface area contributed by atoms with Crippen LogP contribution in [-0.4, -0.2) is 41.5 Å². The molecule has 0 radical (unpaired) electrons. The molecule has 43 heavy (non-hydrogen) atoms. The number of carbonyl (C=O) groups excluding carboxylic acids is 3.